The Kier molecular flexibility index (Phi) is 6.49. The summed E-state index contributed by atoms with van der Waals surface area (Å²) in [7, 11) is 1.85. The summed E-state index contributed by atoms with van der Waals surface area (Å²) in [5.41, 5.74) is 0.857. The molecule has 226 valence electrons. The standard InChI is InChI=1S/C33H30ClF2N5O3/c1-3-16-5-4-6-17-9-21(42)11-22(25(16)17)26-28(34)31-27-30(29(26)36)38-33(44-14-20-10-18(35)12-40(20)2)39-32(27)41-13-19-7-8-23(37-19)24(41)15-43-31/h1,4-6,9,11,18-20,23-24,37,42H,7-8,10,12-15H2,2H3/t18-,19?,20+,23?,24?/m1/s1. The van der Waals surface area contributed by atoms with E-state index in [1.54, 1.807) is 24.3 Å². The molecule has 1 aromatic heterocycles. The molecule has 8 nitrogen and oxygen atoms in total. The van der Waals surface area contributed by atoms with Gasteiger partial charge in [0.05, 0.1) is 16.5 Å². The van der Waals surface area contributed by atoms with Crippen LogP contribution < -0.4 is 19.7 Å². The molecule has 0 radical (unpaired) electrons. The summed E-state index contributed by atoms with van der Waals surface area (Å²) in [6, 6.07) is 8.58. The van der Waals surface area contributed by atoms with E-state index in [2.05, 4.69) is 21.1 Å². The van der Waals surface area contributed by atoms with Crippen LogP contribution in [0.5, 0.6) is 17.5 Å². The molecule has 8 rings (SSSR count). The minimum atomic E-state index is -0.931. The number of nitrogens with one attached hydrogen (secondary N) is 1. The molecular formula is C33H30ClF2N5O3. The number of alkyl halides is 1. The fourth-order valence-corrected chi connectivity index (χ4v) is 7.83. The van der Waals surface area contributed by atoms with E-state index in [1.165, 1.54) is 6.07 Å². The molecule has 4 aromatic rings. The van der Waals surface area contributed by atoms with Gasteiger partial charge in [-0.3, -0.25) is 4.90 Å². The zero-order valence-corrected chi connectivity index (χ0v) is 24.7. The highest BCUT2D eigenvalue weighted by molar-refractivity contribution is 6.37. The SMILES string of the molecule is C#Cc1cccc2cc(O)cc(-c3c(Cl)c4c5c(nc(OC[C@@H]6C[C@@H](F)CN6C)nc5c3F)N3CC5CCC(N5)C3CO4)c12. The highest BCUT2D eigenvalue weighted by Gasteiger charge is 2.44. The first-order valence-electron chi connectivity index (χ1n) is 14.9. The van der Waals surface area contributed by atoms with Crippen LogP contribution in [-0.2, 0) is 0 Å². The number of aromatic hydroxyl groups is 1. The number of anilines is 1. The monoisotopic (exact) mass is 617 g/mol. The molecule has 44 heavy (non-hydrogen) atoms. The maximum Gasteiger partial charge on any atom is 0.319 e. The van der Waals surface area contributed by atoms with Gasteiger partial charge in [0.25, 0.3) is 0 Å². The Labute approximate surface area is 257 Å². The van der Waals surface area contributed by atoms with Crippen LogP contribution in [0.15, 0.2) is 30.3 Å². The third-order valence-corrected chi connectivity index (χ3v) is 9.96. The van der Waals surface area contributed by atoms with Crippen molar-refractivity contribution in [1.29, 1.82) is 0 Å². The molecule has 2 bridgehead atoms. The minimum absolute atomic E-state index is 0.00191. The number of fused-ring (bicyclic) bond motifs is 6. The van der Waals surface area contributed by atoms with Crippen molar-refractivity contribution in [2.45, 2.75) is 49.6 Å². The van der Waals surface area contributed by atoms with Crippen LogP contribution in [0.3, 0.4) is 0 Å². The van der Waals surface area contributed by atoms with Gasteiger partial charge in [-0.05, 0) is 55.5 Å². The average Bonchev–Trinajstić information content (AvgIpc) is 3.50. The lowest BCUT2D eigenvalue weighted by atomic mass is 9.93. The fourth-order valence-electron chi connectivity index (χ4n) is 7.49. The van der Waals surface area contributed by atoms with Gasteiger partial charge in [0, 0.05) is 47.7 Å². The van der Waals surface area contributed by atoms with Crippen molar-refractivity contribution in [1.82, 2.24) is 20.2 Å². The Morgan fingerprint density at radius 3 is 2.89 bits per heavy atom. The van der Waals surface area contributed by atoms with E-state index in [0.717, 1.165) is 12.8 Å². The lowest BCUT2D eigenvalue weighted by molar-refractivity contribution is 0.188. The van der Waals surface area contributed by atoms with Crippen molar-refractivity contribution in [3.05, 3.63) is 46.7 Å². The van der Waals surface area contributed by atoms with Crippen LogP contribution in [-0.4, -0.2) is 83.7 Å². The van der Waals surface area contributed by atoms with Crippen LogP contribution in [0.1, 0.15) is 24.8 Å². The number of ether oxygens (including phenoxy) is 2. The molecule has 11 heteroatoms. The molecule has 0 spiro atoms. The summed E-state index contributed by atoms with van der Waals surface area (Å²) < 4.78 is 43.7. The second-order valence-corrected chi connectivity index (χ2v) is 12.6. The number of piperazine rings is 1. The highest BCUT2D eigenvalue weighted by Crippen LogP contribution is 2.51. The van der Waals surface area contributed by atoms with Crippen LogP contribution in [0, 0.1) is 18.2 Å². The van der Waals surface area contributed by atoms with Crippen molar-refractivity contribution >= 4 is 39.1 Å². The number of hydrogen-bond donors (Lipinski definition) is 2. The Hall–Kier alpha value is -3.91. The number of aromatic nitrogens is 2. The van der Waals surface area contributed by atoms with Gasteiger partial charge in [-0.25, -0.2) is 8.78 Å². The van der Waals surface area contributed by atoms with Gasteiger partial charge in [-0.2, -0.15) is 9.97 Å². The van der Waals surface area contributed by atoms with E-state index in [9.17, 15) is 9.50 Å². The van der Waals surface area contributed by atoms with Crippen LogP contribution in [0.25, 0.3) is 32.8 Å². The molecule has 4 aliphatic heterocycles. The number of likely N-dealkylation sites (tertiary alicyclic amines) is 1. The van der Waals surface area contributed by atoms with E-state index in [-0.39, 0.29) is 64.4 Å². The number of nitrogens with zero attached hydrogens (tertiary/aromatic N) is 4. The maximum atomic E-state index is 17.1. The Balaban J connectivity index is 1.36. The quantitative estimate of drug-likeness (QED) is 0.308. The summed E-state index contributed by atoms with van der Waals surface area (Å²) in [5, 5.41) is 16.0. The highest BCUT2D eigenvalue weighted by atomic mass is 35.5. The molecule has 3 unspecified atom stereocenters. The topological polar surface area (TPSA) is 83.0 Å². The number of rotatable bonds is 4. The van der Waals surface area contributed by atoms with Crippen molar-refractivity contribution in [3.63, 3.8) is 0 Å². The average molecular weight is 618 g/mol. The summed E-state index contributed by atoms with van der Waals surface area (Å²) in [6.45, 7) is 1.45. The number of phenolic OH excluding ortho intramolecular Hbond substituents is 1. The van der Waals surface area contributed by atoms with Gasteiger partial charge in [0.2, 0.25) is 0 Å². The molecule has 3 aromatic carbocycles. The zero-order chi connectivity index (χ0) is 30.3. The smallest absolute Gasteiger partial charge is 0.319 e. The molecule has 4 aliphatic rings. The summed E-state index contributed by atoms with van der Waals surface area (Å²) >= 11 is 7.09. The second-order valence-electron chi connectivity index (χ2n) is 12.2. The van der Waals surface area contributed by atoms with Gasteiger partial charge in [-0.15, -0.1) is 6.42 Å². The fraction of sp³-hybridized carbons (Fsp3) is 0.394. The molecule has 3 saturated heterocycles. The lowest BCUT2D eigenvalue weighted by Crippen LogP contribution is -2.60. The molecule has 0 aliphatic carbocycles. The van der Waals surface area contributed by atoms with Gasteiger partial charge >= 0.3 is 6.01 Å². The second kappa shape index (κ2) is 10.3. The number of terminal acetylenes is 1. The van der Waals surface area contributed by atoms with Crippen molar-refractivity contribution < 1.29 is 23.4 Å². The number of hydrogen-bond acceptors (Lipinski definition) is 8. The zero-order valence-electron chi connectivity index (χ0n) is 24.0. The van der Waals surface area contributed by atoms with Gasteiger partial charge in [-0.1, -0.05) is 29.7 Å². The molecule has 3 fully saturated rings. The normalized spacial score (nSPS) is 26.0. The minimum Gasteiger partial charge on any atom is -0.508 e. The summed E-state index contributed by atoms with van der Waals surface area (Å²) in [6.07, 6.45) is 7.27. The van der Waals surface area contributed by atoms with Crippen LogP contribution in [0.2, 0.25) is 5.02 Å². The predicted octanol–water partition coefficient (Wildman–Crippen LogP) is 5.05. The Morgan fingerprint density at radius 1 is 1.23 bits per heavy atom. The Morgan fingerprint density at radius 2 is 2.09 bits per heavy atom. The van der Waals surface area contributed by atoms with Crippen molar-refractivity contribution in [3.8, 4) is 41.0 Å². The number of benzene rings is 3. The van der Waals surface area contributed by atoms with Crippen molar-refractivity contribution in [2.24, 2.45) is 0 Å². The molecule has 0 amide bonds. The predicted molar refractivity (Wildman–Crippen MR) is 165 cm³/mol. The maximum absolute atomic E-state index is 17.1. The number of phenols is 1. The Bertz CT molecular complexity index is 1880. The lowest BCUT2D eigenvalue weighted by Gasteiger charge is -2.40. The molecule has 5 atom stereocenters. The van der Waals surface area contributed by atoms with Crippen LogP contribution >= 0.6 is 11.6 Å². The van der Waals surface area contributed by atoms with Crippen LogP contribution in [0.4, 0.5) is 14.6 Å². The third kappa shape index (κ3) is 4.25. The van der Waals surface area contributed by atoms with E-state index in [1.807, 2.05) is 11.9 Å². The first-order valence-corrected chi connectivity index (χ1v) is 15.3. The summed E-state index contributed by atoms with van der Waals surface area (Å²) in [5.74, 6) is 2.68. The van der Waals surface area contributed by atoms with E-state index < -0.39 is 12.0 Å². The molecule has 2 N–H and O–H groups in total. The first kappa shape index (κ1) is 27.6. The van der Waals surface area contributed by atoms with E-state index >= 15 is 4.39 Å². The third-order valence-electron chi connectivity index (χ3n) is 9.60. The van der Waals surface area contributed by atoms with E-state index in [4.69, 9.17) is 32.5 Å². The summed E-state index contributed by atoms with van der Waals surface area (Å²) in [4.78, 5) is 13.5. The van der Waals surface area contributed by atoms with Crippen molar-refractivity contribution in [2.75, 3.05) is 38.3 Å². The van der Waals surface area contributed by atoms with Gasteiger partial charge in [0.15, 0.2) is 11.6 Å². The number of halogens is 3. The van der Waals surface area contributed by atoms with Gasteiger partial charge < -0.3 is 24.8 Å². The number of likely N-dealkylation sites (N-methyl/N-ethyl adjacent to an activating group) is 1. The first-order chi connectivity index (χ1) is 21.3. The van der Waals surface area contributed by atoms with E-state index in [0.29, 0.717) is 59.2 Å². The molecule has 5 heterocycles. The van der Waals surface area contributed by atoms with Gasteiger partial charge in [0.1, 0.15) is 36.5 Å². The largest absolute Gasteiger partial charge is 0.508 e. The molecule has 0 saturated carbocycles. The molecular weight excluding hydrogens is 588 g/mol.